The van der Waals surface area contributed by atoms with Crippen LogP contribution in [0.15, 0.2) is 24.3 Å². The largest absolute Gasteiger partial charge is 0.328 e. The van der Waals surface area contributed by atoms with Crippen molar-refractivity contribution in [3.63, 3.8) is 0 Å². The number of hydroxylamine groups is 2. The molecule has 1 heterocycles. The van der Waals surface area contributed by atoms with Crippen LogP contribution in [0, 0.1) is 0 Å². The molecule has 1 aliphatic heterocycles. The van der Waals surface area contributed by atoms with E-state index in [1.165, 1.54) is 0 Å². The van der Waals surface area contributed by atoms with Gasteiger partial charge >= 0.3 is 0 Å². The smallest absolute Gasteiger partial charge is 0.285 e. The number of fused-ring (bicyclic) bond motifs is 1. The Bertz CT molecular complexity index is 459. The van der Waals surface area contributed by atoms with E-state index in [0.717, 1.165) is 5.06 Å². The number of hydrogen-bond acceptors (Lipinski definition) is 4. The molecule has 0 aromatic heterocycles. The van der Waals surface area contributed by atoms with Gasteiger partial charge in [0.05, 0.1) is 17.2 Å². The number of nitrogens with zero attached hydrogens (tertiary/aromatic N) is 1. The maximum atomic E-state index is 11.9. The Morgan fingerprint density at radius 1 is 1.12 bits per heavy atom. The first-order valence-electron chi connectivity index (χ1n) is 5.57. The highest BCUT2D eigenvalue weighted by Gasteiger charge is 2.40. The van der Waals surface area contributed by atoms with Crippen LogP contribution in [0.3, 0.4) is 0 Å². The van der Waals surface area contributed by atoms with Crippen molar-refractivity contribution in [1.29, 1.82) is 0 Å². The molecule has 0 bridgehead atoms. The minimum Gasteiger partial charge on any atom is -0.328 e. The van der Waals surface area contributed by atoms with E-state index in [-0.39, 0.29) is 24.0 Å². The quantitative estimate of drug-likeness (QED) is 0.762. The van der Waals surface area contributed by atoms with Crippen molar-refractivity contribution in [2.45, 2.75) is 25.0 Å². The number of rotatable bonds is 2. The van der Waals surface area contributed by atoms with Crippen molar-refractivity contribution >= 4 is 11.8 Å². The fourth-order valence-corrected chi connectivity index (χ4v) is 2.10. The van der Waals surface area contributed by atoms with E-state index < -0.39 is 0 Å². The molecule has 2 amide bonds. The number of carbonyl (C=O) groups is 2. The summed E-state index contributed by atoms with van der Waals surface area (Å²) >= 11 is 0. The van der Waals surface area contributed by atoms with Crippen LogP contribution in [0.1, 0.15) is 33.6 Å². The Morgan fingerprint density at radius 2 is 1.65 bits per heavy atom. The van der Waals surface area contributed by atoms with Gasteiger partial charge in [-0.15, -0.1) is 5.06 Å². The first-order chi connectivity index (χ1) is 8.16. The van der Waals surface area contributed by atoms with E-state index >= 15 is 0 Å². The highest BCUT2D eigenvalue weighted by Crippen LogP contribution is 2.28. The van der Waals surface area contributed by atoms with Crippen molar-refractivity contribution in [3.05, 3.63) is 35.4 Å². The number of nitrogens with two attached hydrogens (primary N) is 1. The topological polar surface area (TPSA) is 72.6 Å². The normalized spacial score (nSPS) is 27.0. The number of hydrogen-bond donors (Lipinski definition) is 1. The Morgan fingerprint density at radius 3 is 2.12 bits per heavy atom. The van der Waals surface area contributed by atoms with Crippen molar-refractivity contribution in [3.8, 4) is 0 Å². The van der Waals surface area contributed by atoms with Crippen LogP contribution in [0.25, 0.3) is 0 Å². The van der Waals surface area contributed by atoms with Gasteiger partial charge in [0.1, 0.15) is 0 Å². The summed E-state index contributed by atoms with van der Waals surface area (Å²) in [5.74, 6) is -0.767. The van der Waals surface area contributed by atoms with Gasteiger partial charge in [-0.05, 0) is 25.0 Å². The SMILES string of the molecule is NC1CC(ON2C(=O)c3ccccc3C2=O)C1. The summed E-state index contributed by atoms with van der Waals surface area (Å²) in [4.78, 5) is 29.2. The molecule has 0 spiro atoms. The maximum Gasteiger partial charge on any atom is 0.285 e. The molecule has 3 rings (SSSR count). The summed E-state index contributed by atoms with van der Waals surface area (Å²) in [6, 6.07) is 6.84. The van der Waals surface area contributed by atoms with Gasteiger partial charge in [-0.1, -0.05) is 12.1 Å². The van der Waals surface area contributed by atoms with Crippen LogP contribution in [-0.4, -0.2) is 29.0 Å². The lowest BCUT2D eigenvalue weighted by Crippen LogP contribution is -2.46. The van der Waals surface area contributed by atoms with Crippen LogP contribution in [0.2, 0.25) is 0 Å². The van der Waals surface area contributed by atoms with Crippen molar-refractivity contribution in [2.24, 2.45) is 5.73 Å². The third kappa shape index (κ3) is 1.55. The Kier molecular flexibility index (Phi) is 2.24. The second kappa shape index (κ2) is 3.65. The molecule has 1 aromatic carbocycles. The molecule has 2 aliphatic rings. The molecular formula is C12H12N2O3. The zero-order valence-electron chi connectivity index (χ0n) is 9.13. The molecule has 88 valence electrons. The van der Waals surface area contributed by atoms with E-state index in [1.807, 2.05) is 0 Å². The highest BCUT2D eigenvalue weighted by atomic mass is 16.7. The number of amides is 2. The fourth-order valence-electron chi connectivity index (χ4n) is 2.10. The van der Waals surface area contributed by atoms with Crippen LogP contribution in [0.5, 0.6) is 0 Å². The zero-order valence-corrected chi connectivity index (χ0v) is 9.13. The third-order valence-corrected chi connectivity index (χ3v) is 3.14. The number of carbonyl (C=O) groups excluding carboxylic acids is 2. The van der Waals surface area contributed by atoms with E-state index in [4.69, 9.17) is 10.6 Å². The summed E-state index contributed by atoms with van der Waals surface area (Å²) in [5.41, 5.74) is 6.44. The average Bonchev–Trinajstić information content (AvgIpc) is 2.53. The minimum absolute atomic E-state index is 0.118. The van der Waals surface area contributed by atoms with Crippen LogP contribution in [-0.2, 0) is 4.84 Å². The first kappa shape index (κ1) is 10.4. The molecule has 0 saturated heterocycles. The van der Waals surface area contributed by atoms with Gasteiger partial charge < -0.3 is 5.73 Å². The van der Waals surface area contributed by atoms with Crippen molar-refractivity contribution in [2.75, 3.05) is 0 Å². The fraction of sp³-hybridized carbons (Fsp3) is 0.333. The second-order valence-electron chi connectivity index (χ2n) is 4.41. The lowest BCUT2D eigenvalue weighted by molar-refractivity contribution is -0.158. The Labute approximate surface area is 98.1 Å². The molecule has 5 heteroatoms. The molecular weight excluding hydrogens is 220 g/mol. The van der Waals surface area contributed by atoms with Gasteiger partial charge in [-0.3, -0.25) is 14.4 Å². The molecule has 17 heavy (non-hydrogen) atoms. The van der Waals surface area contributed by atoms with Crippen LogP contribution in [0.4, 0.5) is 0 Å². The molecule has 1 fully saturated rings. The lowest BCUT2D eigenvalue weighted by atomic mass is 9.90. The van der Waals surface area contributed by atoms with Gasteiger partial charge in [-0.2, -0.15) is 0 Å². The van der Waals surface area contributed by atoms with E-state index in [0.29, 0.717) is 24.0 Å². The second-order valence-corrected chi connectivity index (χ2v) is 4.41. The predicted octanol–water partition coefficient (Wildman–Crippen LogP) is 0.704. The molecule has 0 unspecified atom stereocenters. The first-order valence-corrected chi connectivity index (χ1v) is 5.57. The van der Waals surface area contributed by atoms with Crippen molar-refractivity contribution in [1.82, 2.24) is 5.06 Å². The summed E-state index contributed by atoms with van der Waals surface area (Å²) in [6.07, 6.45) is 1.26. The predicted molar refractivity (Wildman–Crippen MR) is 59.0 cm³/mol. The third-order valence-electron chi connectivity index (χ3n) is 3.14. The summed E-state index contributed by atoms with van der Waals surface area (Å²) in [7, 11) is 0. The summed E-state index contributed by atoms with van der Waals surface area (Å²) < 4.78 is 0. The zero-order chi connectivity index (χ0) is 12.0. The standard InChI is InChI=1S/C12H12N2O3/c13-7-5-8(6-7)17-14-11(15)9-3-1-2-4-10(9)12(14)16/h1-4,7-8H,5-6,13H2. The van der Waals surface area contributed by atoms with Crippen LogP contribution < -0.4 is 5.73 Å². The molecule has 5 nitrogen and oxygen atoms in total. The average molecular weight is 232 g/mol. The molecule has 1 saturated carbocycles. The Balaban J connectivity index is 1.81. The number of imide groups is 1. The summed E-state index contributed by atoms with van der Waals surface area (Å²) in [6.45, 7) is 0. The highest BCUT2D eigenvalue weighted by molar-refractivity contribution is 6.20. The number of benzene rings is 1. The van der Waals surface area contributed by atoms with Gasteiger partial charge in [0.25, 0.3) is 11.8 Å². The minimum atomic E-state index is -0.383. The van der Waals surface area contributed by atoms with E-state index in [1.54, 1.807) is 24.3 Å². The molecule has 2 N–H and O–H groups in total. The molecule has 0 radical (unpaired) electrons. The van der Waals surface area contributed by atoms with Gasteiger partial charge in [0.2, 0.25) is 0 Å². The Hall–Kier alpha value is -1.72. The monoisotopic (exact) mass is 232 g/mol. The summed E-state index contributed by atoms with van der Waals surface area (Å²) in [5, 5.41) is 0.862. The molecule has 1 aliphatic carbocycles. The maximum absolute atomic E-state index is 11.9. The van der Waals surface area contributed by atoms with E-state index in [9.17, 15) is 9.59 Å². The van der Waals surface area contributed by atoms with Gasteiger partial charge in [0.15, 0.2) is 0 Å². The molecule has 1 aromatic rings. The van der Waals surface area contributed by atoms with Crippen molar-refractivity contribution < 1.29 is 14.4 Å². The van der Waals surface area contributed by atoms with Gasteiger partial charge in [0, 0.05) is 6.04 Å². The van der Waals surface area contributed by atoms with Gasteiger partial charge in [-0.25, -0.2) is 0 Å². The lowest BCUT2D eigenvalue weighted by Gasteiger charge is -2.33. The molecule has 0 atom stereocenters. The van der Waals surface area contributed by atoms with Crippen LogP contribution >= 0.6 is 0 Å². The van der Waals surface area contributed by atoms with E-state index in [2.05, 4.69) is 0 Å².